The summed E-state index contributed by atoms with van der Waals surface area (Å²) in [5, 5.41) is 0. The molecular formula is C76H102O4. The molecule has 0 saturated heterocycles. The van der Waals surface area contributed by atoms with Gasteiger partial charge in [-0.05, 0) is 199 Å². The zero-order chi connectivity index (χ0) is 56.7. The second-order valence-electron chi connectivity index (χ2n) is 23.7. The number of ether oxygens (including phenoxy) is 2. The maximum Gasteiger partial charge on any atom is 0.337 e. The second-order valence-corrected chi connectivity index (χ2v) is 23.7. The van der Waals surface area contributed by atoms with Gasteiger partial charge in [0.15, 0.2) is 0 Å². The van der Waals surface area contributed by atoms with Gasteiger partial charge in [-0.3, -0.25) is 0 Å². The molecule has 0 bridgehead atoms. The average Bonchev–Trinajstić information content (AvgIpc) is 3.53. The van der Waals surface area contributed by atoms with Crippen LogP contribution >= 0.6 is 0 Å². The Balaban J connectivity index is 1.41. The van der Waals surface area contributed by atoms with Crippen LogP contribution in [0.1, 0.15) is 275 Å². The van der Waals surface area contributed by atoms with E-state index < -0.39 is 0 Å². The summed E-state index contributed by atoms with van der Waals surface area (Å²) in [4.78, 5) is 25.6. The van der Waals surface area contributed by atoms with Gasteiger partial charge >= 0.3 is 11.9 Å². The molecule has 6 aromatic carbocycles. The van der Waals surface area contributed by atoms with Gasteiger partial charge in [0.1, 0.15) is 0 Å². The Morgan fingerprint density at radius 2 is 0.575 bits per heavy atom. The van der Waals surface area contributed by atoms with E-state index >= 15 is 0 Å². The Morgan fingerprint density at radius 3 is 0.900 bits per heavy atom. The van der Waals surface area contributed by atoms with Crippen molar-refractivity contribution in [2.24, 2.45) is 0 Å². The van der Waals surface area contributed by atoms with Crippen molar-refractivity contribution in [2.45, 2.75) is 231 Å². The molecule has 0 N–H and O–H groups in total. The predicted molar refractivity (Wildman–Crippen MR) is 339 cm³/mol. The number of carbonyl (C=O) groups excluding carboxylic acids is 2. The summed E-state index contributed by atoms with van der Waals surface area (Å²) >= 11 is 0. The summed E-state index contributed by atoms with van der Waals surface area (Å²) in [7, 11) is 2.93. The minimum absolute atomic E-state index is 0.228. The van der Waals surface area contributed by atoms with Crippen molar-refractivity contribution in [1.82, 2.24) is 0 Å². The van der Waals surface area contributed by atoms with E-state index in [1.807, 2.05) is 24.3 Å². The Bertz CT molecular complexity index is 2610. The van der Waals surface area contributed by atoms with Gasteiger partial charge in [-0.25, -0.2) is 9.59 Å². The van der Waals surface area contributed by atoms with Crippen LogP contribution in [-0.2, 0) is 41.6 Å². The number of rotatable bonds is 38. The normalized spacial score (nSPS) is 13.3. The first-order valence-corrected chi connectivity index (χ1v) is 31.9. The minimum Gasteiger partial charge on any atom is -0.465 e. The maximum atomic E-state index is 12.8. The van der Waals surface area contributed by atoms with Gasteiger partial charge in [0.05, 0.1) is 25.3 Å². The number of unbranched alkanes of at least 4 members (excludes halogenated alkanes) is 12. The highest BCUT2D eigenvalue weighted by molar-refractivity contribution is 5.89. The molecule has 0 saturated carbocycles. The summed E-state index contributed by atoms with van der Waals surface area (Å²) in [6.45, 7) is 11.5. The lowest BCUT2D eigenvalue weighted by Crippen LogP contribution is -2.16. The predicted octanol–water partition coefficient (Wildman–Crippen LogP) is 21.2. The molecule has 5 unspecified atom stereocenters. The highest BCUT2D eigenvalue weighted by Gasteiger charge is 2.29. The number of benzene rings is 6. The molecular weight excluding hydrogens is 977 g/mol. The zero-order valence-corrected chi connectivity index (χ0v) is 50.8. The van der Waals surface area contributed by atoms with Crippen LogP contribution in [-0.4, -0.2) is 26.2 Å². The first-order valence-electron chi connectivity index (χ1n) is 31.9. The molecule has 0 aliphatic rings. The number of methoxy groups -OCH3 is 2. The molecule has 0 radical (unpaired) electrons. The van der Waals surface area contributed by atoms with Crippen LogP contribution in [0.4, 0.5) is 0 Å². The number of carbonyl (C=O) groups is 2. The van der Waals surface area contributed by atoms with Crippen molar-refractivity contribution in [2.75, 3.05) is 14.2 Å². The van der Waals surface area contributed by atoms with E-state index in [1.54, 1.807) is 0 Å². The van der Waals surface area contributed by atoms with Gasteiger partial charge in [0.2, 0.25) is 0 Å². The Labute approximate surface area is 486 Å². The summed E-state index contributed by atoms with van der Waals surface area (Å²) in [5.41, 5.74) is 15.0. The van der Waals surface area contributed by atoms with E-state index in [2.05, 4.69) is 156 Å². The van der Waals surface area contributed by atoms with Gasteiger partial charge in [-0.1, -0.05) is 233 Å². The number of hydrogen-bond donors (Lipinski definition) is 0. The Hall–Kier alpha value is -5.74. The summed E-state index contributed by atoms with van der Waals surface area (Å²) < 4.78 is 10.4. The molecule has 0 fully saturated rings. The van der Waals surface area contributed by atoms with Crippen LogP contribution in [0.15, 0.2) is 146 Å². The van der Waals surface area contributed by atoms with Crippen LogP contribution in [0.25, 0.3) is 0 Å². The van der Waals surface area contributed by atoms with Crippen molar-refractivity contribution in [3.05, 3.63) is 212 Å². The topological polar surface area (TPSA) is 52.6 Å². The van der Waals surface area contributed by atoms with E-state index in [-0.39, 0.29) is 35.6 Å². The summed E-state index contributed by atoms with van der Waals surface area (Å²) in [5.74, 6) is 0.699. The van der Waals surface area contributed by atoms with E-state index in [1.165, 1.54) is 173 Å². The fourth-order valence-corrected chi connectivity index (χ4v) is 12.3. The molecule has 0 amide bonds. The quantitative estimate of drug-likeness (QED) is 0.0286. The van der Waals surface area contributed by atoms with Gasteiger partial charge in [-0.2, -0.15) is 0 Å². The second kappa shape index (κ2) is 35.9. The lowest BCUT2D eigenvalue weighted by molar-refractivity contribution is 0.0592. The highest BCUT2D eigenvalue weighted by Crippen LogP contribution is 2.45. The van der Waals surface area contributed by atoms with Crippen molar-refractivity contribution < 1.29 is 19.1 Å². The molecule has 0 spiro atoms. The lowest BCUT2D eigenvalue weighted by atomic mass is 9.73. The summed E-state index contributed by atoms with van der Waals surface area (Å²) in [6, 6.07) is 55.2. The molecule has 5 atom stereocenters. The number of hydrogen-bond acceptors (Lipinski definition) is 4. The standard InChI is InChI=1S/C76H102O4/c1-8-12-16-20-24-59-28-30-63(31-29-59)38-45-71(65-46-50-69(51-47-65)75(77)79-6)55-73(66-41-34-61(35-42-66)26-22-18-14-10-3)57-74(67-43-36-62(37-44-67)27-23-19-15-11-4)56-72(68-48-52-70(53-49-68)76(78)80-7)54-58(5)64-39-32-60(33-40-64)25-21-17-13-9-2/h28-37,39-44,46-53,58,71-74H,8-27,38,45,54-57H2,1-7H3. The van der Waals surface area contributed by atoms with Crippen LogP contribution in [0.5, 0.6) is 0 Å². The molecule has 0 aliphatic heterocycles. The van der Waals surface area contributed by atoms with Crippen molar-refractivity contribution >= 4 is 11.9 Å². The van der Waals surface area contributed by atoms with Gasteiger partial charge in [0.25, 0.3) is 0 Å². The molecule has 6 aromatic rings. The van der Waals surface area contributed by atoms with Gasteiger partial charge < -0.3 is 9.47 Å². The smallest absolute Gasteiger partial charge is 0.337 e. The average molecular weight is 1080 g/mol. The highest BCUT2D eigenvalue weighted by atomic mass is 16.5. The largest absolute Gasteiger partial charge is 0.465 e. The molecule has 430 valence electrons. The fourth-order valence-electron chi connectivity index (χ4n) is 12.3. The molecule has 80 heavy (non-hydrogen) atoms. The molecule has 4 heteroatoms. The third kappa shape index (κ3) is 21.3. The summed E-state index contributed by atoms with van der Waals surface area (Å²) in [6.07, 6.45) is 30.6. The van der Waals surface area contributed by atoms with E-state index in [0.29, 0.717) is 17.0 Å². The van der Waals surface area contributed by atoms with Crippen molar-refractivity contribution in [3.63, 3.8) is 0 Å². The van der Waals surface area contributed by atoms with E-state index in [4.69, 9.17) is 9.47 Å². The molecule has 0 aromatic heterocycles. The first-order chi connectivity index (χ1) is 39.1. The molecule has 0 aliphatic carbocycles. The molecule has 4 nitrogen and oxygen atoms in total. The third-order valence-electron chi connectivity index (χ3n) is 17.5. The van der Waals surface area contributed by atoms with Gasteiger partial charge in [-0.15, -0.1) is 0 Å². The van der Waals surface area contributed by atoms with Crippen molar-refractivity contribution in [1.29, 1.82) is 0 Å². The number of esters is 2. The van der Waals surface area contributed by atoms with Crippen LogP contribution in [0.3, 0.4) is 0 Å². The van der Waals surface area contributed by atoms with Crippen LogP contribution in [0.2, 0.25) is 0 Å². The third-order valence-corrected chi connectivity index (χ3v) is 17.5. The number of aryl methyl sites for hydroxylation is 5. The van der Waals surface area contributed by atoms with E-state index in [9.17, 15) is 9.59 Å². The van der Waals surface area contributed by atoms with Crippen LogP contribution < -0.4 is 0 Å². The lowest BCUT2D eigenvalue weighted by Gasteiger charge is -2.32. The van der Waals surface area contributed by atoms with Crippen LogP contribution in [0, 0.1) is 0 Å². The van der Waals surface area contributed by atoms with Crippen molar-refractivity contribution in [3.8, 4) is 0 Å². The zero-order valence-electron chi connectivity index (χ0n) is 50.8. The first kappa shape index (κ1) is 63.4. The Morgan fingerprint density at radius 1 is 0.312 bits per heavy atom. The maximum absolute atomic E-state index is 12.8. The SMILES string of the molecule is CCCCCCc1ccc(CCC(CC(CC(CC(CC(C)c2ccc(CCCCCC)cc2)c2ccc(C(=O)OC)cc2)c2ccc(CCCCCC)cc2)c2ccc(CCCCCC)cc2)c2ccc(C(=O)OC)cc2)cc1. The van der Waals surface area contributed by atoms with E-state index in [0.717, 1.165) is 64.2 Å². The molecule has 6 rings (SSSR count). The monoisotopic (exact) mass is 1080 g/mol. The fraction of sp³-hybridized carbons (Fsp3) is 0.500. The minimum atomic E-state index is -0.303. The Kier molecular flexibility index (Phi) is 28.5. The van der Waals surface area contributed by atoms with Gasteiger partial charge in [0, 0.05) is 0 Å². The molecule has 0 heterocycles.